The predicted octanol–water partition coefficient (Wildman–Crippen LogP) is -3.96. The molecule has 0 aromatic heterocycles. The van der Waals surface area contributed by atoms with Crippen LogP contribution in [0.4, 0.5) is 0 Å². The van der Waals surface area contributed by atoms with Gasteiger partial charge in [0.25, 0.3) is 5.91 Å². The molecule has 3 unspecified atom stereocenters. The first kappa shape index (κ1) is 20.8. The van der Waals surface area contributed by atoms with E-state index < -0.39 is 42.8 Å². The van der Waals surface area contributed by atoms with Crippen LogP contribution < -0.4 is 22.1 Å². The topological polar surface area (TPSA) is 216 Å². The molecule has 1 amide bonds. The molecule has 12 nitrogen and oxygen atoms in total. The zero-order valence-electron chi connectivity index (χ0n) is 13.5. The zero-order valence-corrected chi connectivity index (χ0v) is 13.5. The van der Waals surface area contributed by atoms with Crippen LogP contribution in [-0.2, 0) is 9.59 Å². The molecule has 1 aliphatic rings. The Bertz CT molecular complexity index is 539. The lowest BCUT2D eigenvalue weighted by atomic mass is 10.1. The monoisotopic (exact) mass is 360 g/mol. The number of carboxylic acids is 1. The van der Waals surface area contributed by atoms with Crippen molar-refractivity contribution < 1.29 is 30.0 Å². The number of nitrogens with one attached hydrogen (secondary N) is 2. The van der Waals surface area contributed by atoms with E-state index in [0.29, 0.717) is 6.42 Å². The van der Waals surface area contributed by atoms with E-state index in [1.165, 1.54) is 0 Å². The van der Waals surface area contributed by atoms with E-state index in [1.807, 2.05) is 0 Å². The second kappa shape index (κ2) is 9.88. The average molecular weight is 360 g/mol. The van der Waals surface area contributed by atoms with Crippen LogP contribution in [0.5, 0.6) is 0 Å². The molecule has 0 saturated carbocycles. The van der Waals surface area contributed by atoms with Crippen LogP contribution in [-0.4, -0.2) is 81.7 Å². The van der Waals surface area contributed by atoms with Crippen molar-refractivity contribution in [2.24, 2.45) is 21.5 Å². The summed E-state index contributed by atoms with van der Waals surface area (Å²) in [6.07, 6.45) is -2.15. The van der Waals surface area contributed by atoms with Gasteiger partial charge in [0.2, 0.25) is 5.96 Å². The number of nitrogens with two attached hydrogens (primary N) is 2. The molecule has 0 aromatic carbocycles. The summed E-state index contributed by atoms with van der Waals surface area (Å²) in [6, 6.07) is -1.88. The van der Waals surface area contributed by atoms with Gasteiger partial charge in [-0.05, 0) is 12.8 Å². The third kappa shape index (κ3) is 7.01. The summed E-state index contributed by atoms with van der Waals surface area (Å²) < 4.78 is 0. The molecule has 25 heavy (non-hydrogen) atoms. The lowest BCUT2D eigenvalue weighted by Crippen LogP contribution is -2.44. The van der Waals surface area contributed by atoms with Gasteiger partial charge in [-0.3, -0.25) is 25.2 Å². The molecule has 142 valence electrons. The number of carboxylic acid groups (broad SMARTS) is 1. The summed E-state index contributed by atoms with van der Waals surface area (Å²) in [5.74, 6) is -1.56. The van der Waals surface area contributed by atoms with Crippen molar-refractivity contribution in [3.63, 3.8) is 0 Å². The quantitative estimate of drug-likeness (QED) is 0.114. The maximum atomic E-state index is 11.7. The summed E-state index contributed by atoms with van der Waals surface area (Å²) in [5.41, 5.74) is 11.0. The first-order chi connectivity index (χ1) is 11.7. The van der Waals surface area contributed by atoms with Gasteiger partial charge in [-0.2, -0.15) is 0 Å². The Morgan fingerprint density at radius 1 is 1.40 bits per heavy atom. The van der Waals surface area contributed by atoms with Gasteiger partial charge in [0.05, 0.1) is 12.7 Å². The third-order valence-electron chi connectivity index (χ3n) is 3.44. The SMILES string of the molecule is NC(=NCCC[C@H](N)C(=O)O)NC1=NC(CC(O)C(O)CO)C(=O)N1. The molecular weight excluding hydrogens is 336 g/mol. The number of nitrogens with zero attached hydrogens (tertiary/aromatic N) is 2. The molecule has 0 saturated heterocycles. The maximum Gasteiger partial charge on any atom is 0.320 e. The number of amides is 1. The Balaban J connectivity index is 2.45. The van der Waals surface area contributed by atoms with E-state index in [2.05, 4.69) is 20.6 Å². The van der Waals surface area contributed by atoms with Crippen molar-refractivity contribution in [2.75, 3.05) is 13.2 Å². The van der Waals surface area contributed by atoms with Crippen LogP contribution in [0.25, 0.3) is 0 Å². The van der Waals surface area contributed by atoms with E-state index in [-0.39, 0.29) is 31.3 Å². The van der Waals surface area contributed by atoms with Crippen LogP contribution in [0.1, 0.15) is 19.3 Å². The number of carbonyl (C=O) groups is 2. The first-order valence-corrected chi connectivity index (χ1v) is 7.65. The van der Waals surface area contributed by atoms with Crippen molar-refractivity contribution in [3.8, 4) is 0 Å². The number of aliphatic hydroxyl groups is 3. The molecule has 1 rings (SSSR count). The van der Waals surface area contributed by atoms with Gasteiger partial charge in [0.15, 0.2) is 5.96 Å². The first-order valence-electron chi connectivity index (χ1n) is 7.65. The van der Waals surface area contributed by atoms with Crippen LogP contribution in [0.3, 0.4) is 0 Å². The van der Waals surface area contributed by atoms with Crippen molar-refractivity contribution in [2.45, 2.75) is 43.6 Å². The fourth-order valence-electron chi connectivity index (χ4n) is 1.97. The Kier molecular flexibility index (Phi) is 8.21. The lowest BCUT2D eigenvalue weighted by molar-refractivity contribution is -0.138. The number of hydrogen-bond acceptors (Lipinski definition) is 8. The number of aliphatic hydroxyl groups excluding tert-OH is 3. The largest absolute Gasteiger partial charge is 0.480 e. The van der Waals surface area contributed by atoms with E-state index in [9.17, 15) is 19.8 Å². The Morgan fingerprint density at radius 3 is 2.68 bits per heavy atom. The second-order valence-electron chi connectivity index (χ2n) is 5.51. The standard InChI is InChI=1S/C13H24N6O6/c14-6(11(24)25)2-1-3-16-12(15)19-13-17-7(10(23)18-13)4-8(21)9(22)5-20/h6-9,20-22H,1-5,14H2,(H,24,25)(H4,15,16,17,18,19,23)/t6-,7?,8?,9?/m0/s1. The third-order valence-corrected chi connectivity index (χ3v) is 3.44. The number of rotatable bonds is 9. The Morgan fingerprint density at radius 2 is 2.08 bits per heavy atom. The van der Waals surface area contributed by atoms with Crippen LogP contribution in [0, 0.1) is 0 Å². The molecular formula is C13H24N6O6. The van der Waals surface area contributed by atoms with Gasteiger partial charge in [0, 0.05) is 13.0 Å². The lowest BCUT2D eigenvalue weighted by Gasteiger charge is -2.16. The average Bonchev–Trinajstić information content (AvgIpc) is 2.89. The molecule has 4 atom stereocenters. The minimum atomic E-state index is -1.36. The summed E-state index contributed by atoms with van der Waals surface area (Å²) >= 11 is 0. The molecule has 0 spiro atoms. The smallest absolute Gasteiger partial charge is 0.320 e. The molecule has 1 heterocycles. The van der Waals surface area contributed by atoms with Gasteiger partial charge >= 0.3 is 5.97 Å². The highest BCUT2D eigenvalue weighted by molar-refractivity contribution is 6.10. The summed E-state index contributed by atoms with van der Waals surface area (Å²) in [5, 5.41) is 41.3. The number of guanidine groups is 2. The van der Waals surface area contributed by atoms with E-state index in [0.717, 1.165) is 0 Å². The zero-order chi connectivity index (χ0) is 19.0. The molecule has 0 aromatic rings. The van der Waals surface area contributed by atoms with Crippen molar-refractivity contribution in [1.29, 1.82) is 0 Å². The van der Waals surface area contributed by atoms with Gasteiger partial charge in [-0.1, -0.05) is 0 Å². The van der Waals surface area contributed by atoms with E-state index >= 15 is 0 Å². The molecule has 0 aliphatic carbocycles. The number of carbonyl (C=O) groups excluding carboxylic acids is 1. The van der Waals surface area contributed by atoms with Gasteiger partial charge in [0.1, 0.15) is 18.2 Å². The normalized spacial score (nSPS) is 21.3. The summed E-state index contributed by atoms with van der Waals surface area (Å²) in [4.78, 5) is 30.2. The molecule has 0 bridgehead atoms. The minimum absolute atomic E-state index is 0.0282. The molecule has 12 heteroatoms. The second-order valence-corrected chi connectivity index (χ2v) is 5.51. The predicted molar refractivity (Wildman–Crippen MR) is 87.6 cm³/mol. The van der Waals surface area contributed by atoms with Crippen molar-refractivity contribution in [3.05, 3.63) is 0 Å². The van der Waals surface area contributed by atoms with Gasteiger partial charge < -0.3 is 31.9 Å². The highest BCUT2D eigenvalue weighted by Crippen LogP contribution is 2.10. The number of aliphatic imine (C=N–C) groups is 2. The van der Waals surface area contributed by atoms with E-state index in [1.54, 1.807) is 0 Å². The van der Waals surface area contributed by atoms with Gasteiger partial charge in [-0.15, -0.1) is 0 Å². The van der Waals surface area contributed by atoms with Gasteiger partial charge in [-0.25, -0.2) is 4.99 Å². The summed E-state index contributed by atoms with van der Waals surface area (Å²) in [7, 11) is 0. The summed E-state index contributed by atoms with van der Waals surface area (Å²) in [6.45, 7) is -0.388. The molecule has 0 radical (unpaired) electrons. The molecule has 1 aliphatic heterocycles. The highest BCUT2D eigenvalue weighted by Gasteiger charge is 2.30. The Hall–Kier alpha value is -2.28. The van der Waals surface area contributed by atoms with Crippen LogP contribution >= 0.6 is 0 Å². The van der Waals surface area contributed by atoms with Crippen LogP contribution in [0.15, 0.2) is 9.98 Å². The minimum Gasteiger partial charge on any atom is -0.480 e. The fraction of sp³-hybridized carbons (Fsp3) is 0.692. The molecule has 0 fully saturated rings. The van der Waals surface area contributed by atoms with E-state index in [4.69, 9.17) is 21.7 Å². The van der Waals surface area contributed by atoms with Crippen molar-refractivity contribution in [1.82, 2.24) is 10.6 Å². The molecule has 10 N–H and O–H groups in total. The number of aliphatic carboxylic acids is 1. The van der Waals surface area contributed by atoms with Crippen molar-refractivity contribution >= 4 is 23.8 Å². The highest BCUT2D eigenvalue weighted by atomic mass is 16.4. The maximum absolute atomic E-state index is 11.7. The van der Waals surface area contributed by atoms with Crippen LogP contribution in [0.2, 0.25) is 0 Å². The number of hydrogen-bond donors (Lipinski definition) is 8. The fourth-order valence-corrected chi connectivity index (χ4v) is 1.97. The Labute approximate surface area is 143 Å².